The summed E-state index contributed by atoms with van der Waals surface area (Å²) in [5.41, 5.74) is 0.585. The van der Waals surface area contributed by atoms with E-state index in [4.69, 9.17) is 16.9 Å². The largest absolute Gasteiger partial charge is 0.355 e. The fourth-order valence-corrected chi connectivity index (χ4v) is 3.45. The number of piperidine rings is 1. The van der Waals surface area contributed by atoms with Crippen LogP contribution in [0.5, 0.6) is 0 Å². The summed E-state index contributed by atoms with van der Waals surface area (Å²) < 4.78 is 0. The van der Waals surface area contributed by atoms with Gasteiger partial charge in [-0.15, -0.1) is 0 Å². The van der Waals surface area contributed by atoms with Crippen LogP contribution in [0.25, 0.3) is 0 Å². The molecule has 3 rings (SSSR count). The summed E-state index contributed by atoms with van der Waals surface area (Å²) in [6, 6.07) is 6.22. The highest BCUT2D eigenvalue weighted by molar-refractivity contribution is 6.29. The van der Waals surface area contributed by atoms with Gasteiger partial charge >= 0.3 is 0 Å². The second-order valence-electron chi connectivity index (χ2n) is 5.63. The molecular weight excluding hydrogens is 272 g/mol. The molecule has 0 bridgehead atoms. The van der Waals surface area contributed by atoms with E-state index in [1.165, 1.54) is 38.8 Å². The van der Waals surface area contributed by atoms with Crippen molar-refractivity contribution in [3.63, 3.8) is 0 Å². The van der Waals surface area contributed by atoms with Crippen molar-refractivity contribution < 1.29 is 0 Å². The second-order valence-corrected chi connectivity index (χ2v) is 6.02. The molecule has 4 nitrogen and oxygen atoms in total. The van der Waals surface area contributed by atoms with Gasteiger partial charge < -0.3 is 4.90 Å². The number of hydrogen-bond acceptors (Lipinski definition) is 4. The van der Waals surface area contributed by atoms with Gasteiger partial charge in [0.1, 0.15) is 11.0 Å². The van der Waals surface area contributed by atoms with Crippen LogP contribution in [0.3, 0.4) is 0 Å². The minimum Gasteiger partial charge on any atom is -0.355 e. The van der Waals surface area contributed by atoms with Crippen LogP contribution in [0.2, 0.25) is 5.15 Å². The lowest BCUT2D eigenvalue weighted by molar-refractivity contribution is 0.175. The molecule has 0 amide bonds. The zero-order valence-electron chi connectivity index (χ0n) is 11.6. The molecule has 0 spiro atoms. The third-order valence-electron chi connectivity index (χ3n) is 4.30. The smallest absolute Gasteiger partial charge is 0.132 e. The van der Waals surface area contributed by atoms with E-state index in [2.05, 4.69) is 20.9 Å². The van der Waals surface area contributed by atoms with E-state index >= 15 is 0 Å². The Balaban J connectivity index is 1.70. The first-order valence-electron chi connectivity index (χ1n) is 7.33. The predicted molar refractivity (Wildman–Crippen MR) is 80.0 cm³/mol. The minimum atomic E-state index is 0.403. The van der Waals surface area contributed by atoms with E-state index < -0.39 is 0 Å². The van der Waals surface area contributed by atoms with Gasteiger partial charge in [-0.2, -0.15) is 5.26 Å². The van der Waals surface area contributed by atoms with Gasteiger partial charge in [-0.3, -0.25) is 4.90 Å². The molecular formula is C15H19ClN4. The van der Waals surface area contributed by atoms with E-state index in [1.807, 2.05) is 6.07 Å². The van der Waals surface area contributed by atoms with Crippen molar-refractivity contribution in [2.24, 2.45) is 0 Å². The highest BCUT2D eigenvalue weighted by atomic mass is 35.5. The van der Waals surface area contributed by atoms with Crippen LogP contribution in [0.15, 0.2) is 12.1 Å². The maximum Gasteiger partial charge on any atom is 0.132 e. The Hall–Kier alpha value is -1.31. The zero-order valence-corrected chi connectivity index (χ0v) is 12.3. The number of likely N-dealkylation sites (tertiary alicyclic amines) is 1. The molecule has 1 atom stereocenters. The summed E-state index contributed by atoms with van der Waals surface area (Å²) in [5.74, 6) is 0.841. The SMILES string of the molecule is N#Cc1cc(Cl)nc(N2CCC(N3CCCCC3)C2)c1. The number of aromatic nitrogens is 1. The number of pyridine rings is 1. The first kappa shape index (κ1) is 13.7. The van der Waals surface area contributed by atoms with Crippen LogP contribution in [-0.4, -0.2) is 42.1 Å². The molecule has 20 heavy (non-hydrogen) atoms. The lowest BCUT2D eigenvalue weighted by atomic mass is 10.1. The maximum absolute atomic E-state index is 9.02. The number of hydrogen-bond donors (Lipinski definition) is 0. The molecule has 2 fully saturated rings. The molecule has 2 aliphatic rings. The minimum absolute atomic E-state index is 0.403. The zero-order chi connectivity index (χ0) is 13.9. The highest BCUT2D eigenvalue weighted by Crippen LogP contribution is 2.25. The maximum atomic E-state index is 9.02. The van der Waals surface area contributed by atoms with E-state index in [0.717, 1.165) is 18.9 Å². The normalized spacial score (nSPS) is 23.8. The van der Waals surface area contributed by atoms with Crippen molar-refractivity contribution in [2.75, 3.05) is 31.1 Å². The van der Waals surface area contributed by atoms with Gasteiger partial charge in [-0.1, -0.05) is 18.0 Å². The number of rotatable bonds is 2. The fraction of sp³-hybridized carbons (Fsp3) is 0.600. The topological polar surface area (TPSA) is 43.2 Å². The molecule has 106 valence electrons. The van der Waals surface area contributed by atoms with E-state index in [9.17, 15) is 0 Å². The van der Waals surface area contributed by atoms with Gasteiger partial charge in [-0.25, -0.2) is 4.98 Å². The Morgan fingerprint density at radius 2 is 2.00 bits per heavy atom. The summed E-state index contributed by atoms with van der Waals surface area (Å²) in [5, 5.41) is 9.43. The molecule has 0 aliphatic carbocycles. The summed E-state index contributed by atoms with van der Waals surface area (Å²) in [4.78, 5) is 9.23. The average molecular weight is 291 g/mol. The fourth-order valence-electron chi connectivity index (χ4n) is 3.24. The molecule has 2 saturated heterocycles. The standard InChI is InChI=1S/C15H19ClN4/c16-14-8-12(10-17)9-15(18-14)20-7-4-13(11-20)19-5-2-1-3-6-19/h8-9,13H,1-7,11H2. The molecule has 0 N–H and O–H groups in total. The lowest BCUT2D eigenvalue weighted by Gasteiger charge is -2.32. The lowest BCUT2D eigenvalue weighted by Crippen LogP contribution is -2.40. The summed E-state index contributed by atoms with van der Waals surface area (Å²) in [6.07, 6.45) is 5.19. The van der Waals surface area contributed by atoms with Gasteiger partial charge in [0, 0.05) is 19.1 Å². The Morgan fingerprint density at radius 1 is 1.20 bits per heavy atom. The average Bonchev–Trinajstić information content (AvgIpc) is 2.97. The summed E-state index contributed by atoms with van der Waals surface area (Å²) in [6.45, 7) is 4.45. The molecule has 1 aromatic heterocycles. The second kappa shape index (κ2) is 5.99. The van der Waals surface area contributed by atoms with Gasteiger partial charge in [0.2, 0.25) is 0 Å². The van der Waals surface area contributed by atoms with E-state index in [0.29, 0.717) is 16.8 Å². The van der Waals surface area contributed by atoms with Crippen LogP contribution in [-0.2, 0) is 0 Å². The molecule has 1 aromatic rings. The van der Waals surface area contributed by atoms with Crippen LogP contribution >= 0.6 is 11.6 Å². The Morgan fingerprint density at radius 3 is 2.75 bits per heavy atom. The van der Waals surface area contributed by atoms with Crippen molar-refractivity contribution in [1.82, 2.24) is 9.88 Å². The van der Waals surface area contributed by atoms with Crippen LogP contribution in [0, 0.1) is 11.3 Å². The molecule has 0 radical (unpaired) electrons. The Labute approximate surface area is 125 Å². The van der Waals surface area contributed by atoms with E-state index in [-0.39, 0.29) is 0 Å². The van der Waals surface area contributed by atoms with Gasteiger partial charge in [0.05, 0.1) is 11.6 Å². The van der Waals surface area contributed by atoms with Crippen LogP contribution in [0.1, 0.15) is 31.2 Å². The van der Waals surface area contributed by atoms with Crippen molar-refractivity contribution in [2.45, 2.75) is 31.7 Å². The van der Waals surface area contributed by atoms with Gasteiger partial charge in [-0.05, 0) is 44.5 Å². The molecule has 5 heteroatoms. The monoisotopic (exact) mass is 290 g/mol. The van der Waals surface area contributed by atoms with Crippen LogP contribution < -0.4 is 4.90 Å². The number of halogens is 1. The van der Waals surface area contributed by atoms with Crippen LogP contribution in [0.4, 0.5) is 5.82 Å². The first-order chi connectivity index (χ1) is 9.76. The van der Waals surface area contributed by atoms with Crippen molar-refractivity contribution in [3.05, 3.63) is 22.8 Å². The molecule has 3 heterocycles. The number of anilines is 1. The highest BCUT2D eigenvalue weighted by Gasteiger charge is 2.29. The Bertz CT molecular complexity index is 519. The van der Waals surface area contributed by atoms with E-state index in [1.54, 1.807) is 6.07 Å². The third kappa shape index (κ3) is 2.89. The number of nitrogens with zero attached hydrogens (tertiary/aromatic N) is 4. The predicted octanol–water partition coefficient (Wildman–Crippen LogP) is 2.67. The molecule has 0 saturated carbocycles. The third-order valence-corrected chi connectivity index (χ3v) is 4.50. The quantitative estimate of drug-likeness (QED) is 0.786. The molecule has 1 unspecified atom stereocenters. The summed E-state index contributed by atoms with van der Waals surface area (Å²) in [7, 11) is 0. The Kier molecular flexibility index (Phi) is 4.09. The van der Waals surface area contributed by atoms with Gasteiger partial charge in [0.15, 0.2) is 0 Å². The molecule has 2 aliphatic heterocycles. The van der Waals surface area contributed by atoms with Crippen molar-refractivity contribution >= 4 is 17.4 Å². The van der Waals surface area contributed by atoms with Gasteiger partial charge in [0.25, 0.3) is 0 Å². The molecule has 0 aromatic carbocycles. The van der Waals surface area contributed by atoms with Crippen molar-refractivity contribution in [3.8, 4) is 6.07 Å². The van der Waals surface area contributed by atoms with Crippen molar-refractivity contribution in [1.29, 1.82) is 5.26 Å². The first-order valence-corrected chi connectivity index (χ1v) is 7.71. The summed E-state index contributed by atoms with van der Waals surface area (Å²) >= 11 is 5.99. The number of nitriles is 1.